The Hall–Kier alpha value is -2.40. The summed E-state index contributed by atoms with van der Waals surface area (Å²) in [5.41, 5.74) is -0.667. The predicted molar refractivity (Wildman–Crippen MR) is 110 cm³/mol. The van der Waals surface area contributed by atoms with Gasteiger partial charge in [0.05, 0.1) is 23.4 Å². The van der Waals surface area contributed by atoms with Crippen molar-refractivity contribution in [3.63, 3.8) is 0 Å². The van der Waals surface area contributed by atoms with E-state index in [4.69, 9.17) is 4.42 Å². The van der Waals surface area contributed by atoms with Crippen molar-refractivity contribution >= 4 is 38.6 Å². The van der Waals surface area contributed by atoms with E-state index in [1.54, 1.807) is 24.3 Å². The molecule has 0 aliphatic heterocycles. The molecule has 0 spiro atoms. The Kier molecular flexibility index (Phi) is 6.47. The minimum absolute atomic E-state index is 0. The molecule has 3 aromatic heterocycles. The monoisotopic (exact) mass is 451 g/mol. The topological polar surface area (TPSA) is 119 Å². The van der Waals surface area contributed by atoms with Gasteiger partial charge in [-0.15, -0.1) is 11.3 Å². The first kappa shape index (κ1) is 23.3. The van der Waals surface area contributed by atoms with Gasteiger partial charge in [0, 0.05) is 24.0 Å². The molecule has 11 heteroatoms. The van der Waals surface area contributed by atoms with E-state index >= 15 is 0 Å². The first-order valence-electron chi connectivity index (χ1n) is 9.25. The number of thiophene rings is 1. The van der Waals surface area contributed by atoms with Gasteiger partial charge in [-0.2, -0.15) is 0 Å². The number of benzene rings is 1. The fraction of sp³-hybridized carbons (Fsp3) is 0.300. The molecule has 0 saturated heterocycles. The van der Waals surface area contributed by atoms with Gasteiger partial charge in [-0.05, 0) is 18.1 Å². The van der Waals surface area contributed by atoms with E-state index in [-0.39, 0.29) is 62.7 Å². The number of carboxylic acid groups (broad SMARTS) is 1. The van der Waals surface area contributed by atoms with Gasteiger partial charge in [-0.25, -0.2) is 9.59 Å². The molecule has 3 heterocycles. The summed E-state index contributed by atoms with van der Waals surface area (Å²) in [5, 5.41) is 11.9. The van der Waals surface area contributed by atoms with Crippen LogP contribution in [-0.2, 0) is 20.1 Å². The minimum Gasteiger partial charge on any atom is -0.545 e. The fourth-order valence-electron chi connectivity index (χ4n) is 3.54. The number of aromatic nitrogens is 3. The molecule has 0 amide bonds. The van der Waals surface area contributed by atoms with Gasteiger partial charge < -0.3 is 14.3 Å². The van der Waals surface area contributed by atoms with Gasteiger partial charge in [-0.1, -0.05) is 26.0 Å². The van der Waals surface area contributed by atoms with Crippen LogP contribution in [0.4, 0.5) is 0 Å². The Morgan fingerprint density at radius 3 is 2.48 bits per heavy atom. The van der Waals surface area contributed by atoms with Crippen LogP contribution in [0.25, 0.3) is 21.3 Å². The summed E-state index contributed by atoms with van der Waals surface area (Å²) in [4.78, 5) is 50.3. The number of aromatic carboxylic acids is 1. The predicted octanol–water partition coefficient (Wildman–Crippen LogP) is -2.26. The Morgan fingerprint density at radius 1 is 1.16 bits per heavy atom. The Labute approximate surface area is 201 Å². The average molecular weight is 451 g/mol. The smallest absolute Gasteiger partial charge is 0.545 e. The first-order valence-corrected chi connectivity index (χ1v) is 10.1. The number of fused-ring (bicyclic) bond motifs is 2. The van der Waals surface area contributed by atoms with Crippen molar-refractivity contribution < 1.29 is 43.9 Å². The summed E-state index contributed by atoms with van der Waals surface area (Å²) in [5.74, 6) is -2.10. The van der Waals surface area contributed by atoms with E-state index in [1.165, 1.54) is 16.2 Å². The summed E-state index contributed by atoms with van der Waals surface area (Å²) in [6.45, 7) is 4.01. The molecule has 4 aromatic rings. The van der Waals surface area contributed by atoms with Gasteiger partial charge in [-0.3, -0.25) is 18.5 Å². The molecule has 0 fully saturated rings. The molecular weight excluding hydrogens is 433 g/mol. The summed E-state index contributed by atoms with van der Waals surface area (Å²) >= 11 is 1.00. The van der Waals surface area contributed by atoms with Crippen LogP contribution in [0.3, 0.4) is 0 Å². The molecule has 1 aromatic carbocycles. The average Bonchev–Trinajstić information content (AvgIpc) is 3.22. The molecule has 0 N–H and O–H groups in total. The largest absolute Gasteiger partial charge is 1.00 e. The number of rotatable bonds is 5. The zero-order chi connectivity index (χ0) is 21.7. The number of para-hydroxylation sites is 2. The maximum atomic E-state index is 12.8. The zero-order valence-corrected chi connectivity index (χ0v) is 20.3. The van der Waals surface area contributed by atoms with Crippen LogP contribution in [0, 0.1) is 5.92 Å². The SMILES string of the molecule is CC(C)Cn1c(=O)n(C)c(=O)c2c(C(=O)[O-])c(Cn3c(=O)oc4ccccc43)sc21.[Na+]. The number of carboxylic acids is 1. The van der Waals surface area contributed by atoms with E-state index in [9.17, 15) is 24.3 Å². The minimum atomic E-state index is -1.54. The second-order valence-corrected chi connectivity index (χ2v) is 8.52. The summed E-state index contributed by atoms with van der Waals surface area (Å²) in [7, 11) is 1.31. The van der Waals surface area contributed by atoms with Gasteiger partial charge in [0.25, 0.3) is 5.56 Å². The molecule has 0 radical (unpaired) electrons. The first-order chi connectivity index (χ1) is 14.2. The van der Waals surface area contributed by atoms with Crippen molar-refractivity contribution in [3.05, 3.63) is 66.1 Å². The second kappa shape index (κ2) is 8.62. The molecule has 0 unspecified atom stereocenters. The van der Waals surface area contributed by atoms with Crippen molar-refractivity contribution in [3.8, 4) is 0 Å². The van der Waals surface area contributed by atoms with Gasteiger partial charge in [0.2, 0.25) is 0 Å². The number of hydrogen-bond donors (Lipinski definition) is 0. The molecule has 0 saturated carbocycles. The molecule has 4 rings (SSSR count). The second-order valence-electron chi connectivity index (χ2n) is 7.44. The third-order valence-corrected chi connectivity index (χ3v) is 6.07. The number of nitrogens with zero attached hydrogens (tertiary/aromatic N) is 3. The summed E-state index contributed by atoms with van der Waals surface area (Å²) in [6.07, 6.45) is 0. The van der Waals surface area contributed by atoms with Crippen LogP contribution < -0.4 is 51.7 Å². The standard InChI is InChI=1S/C20H19N3O6S.Na/c1-10(2)8-23-17-15(16(24)21(3)19(23)27)14(18(25)26)13(30-17)9-22-11-6-4-5-7-12(11)29-20(22)28;/h4-7,10H,8-9H2,1-3H3,(H,25,26);/q;+1/p-1. The molecule has 156 valence electrons. The number of carbonyl (C=O) groups is 1. The van der Waals surface area contributed by atoms with Crippen molar-refractivity contribution in [2.75, 3.05) is 0 Å². The zero-order valence-electron chi connectivity index (χ0n) is 17.5. The van der Waals surface area contributed by atoms with Crippen LogP contribution in [0.2, 0.25) is 0 Å². The number of oxazole rings is 1. The molecule has 0 aliphatic carbocycles. The molecule has 0 aliphatic rings. The molecule has 0 atom stereocenters. The molecular formula is C20H18N3NaO6S. The van der Waals surface area contributed by atoms with E-state index < -0.39 is 23.0 Å². The van der Waals surface area contributed by atoms with Crippen molar-refractivity contribution in [1.82, 2.24) is 13.7 Å². The van der Waals surface area contributed by atoms with Crippen LogP contribution in [0.1, 0.15) is 29.1 Å². The van der Waals surface area contributed by atoms with E-state index in [0.29, 0.717) is 17.6 Å². The normalized spacial score (nSPS) is 11.4. The van der Waals surface area contributed by atoms with Crippen LogP contribution in [0.5, 0.6) is 0 Å². The number of carbonyl (C=O) groups excluding carboxylic acids is 1. The maximum Gasteiger partial charge on any atom is 1.00 e. The van der Waals surface area contributed by atoms with Gasteiger partial charge in [0.15, 0.2) is 5.58 Å². The van der Waals surface area contributed by atoms with E-state index in [0.717, 1.165) is 15.9 Å². The van der Waals surface area contributed by atoms with Crippen molar-refractivity contribution in [2.45, 2.75) is 26.9 Å². The maximum absolute atomic E-state index is 12.8. The Balaban J connectivity index is 0.00000272. The van der Waals surface area contributed by atoms with Crippen LogP contribution >= 0.6 is 11.3 Å². The number of hydrogen-bond acceptors (Lipinski definition) is 7. The molecule has 9 nitrogen and oxygen atoms in total. The summed E-state index contributed by atoms with van der Waals surface area (Å²) in [6, 6.07) is 6.76. The quantitative estimate of drug-likeness (QED) is 0.316. The Bertz CT molecular complexity index is 1490. The van der Waals surface area contributed by atoms with Gasteiger partial charge >= 0.3 is 41.0 Å². The summed E-state index contributed by atoms with van der Waals surface area (Å²) < 4.78 is 8.80. The van der Waals surface area contributed by atoms with E-state index in [2.05, 4.69) is 0 Å². The fourth-order valence-corrected chi connectivity index (χ4v) is 4.81. The van der Waals surface area contributed by atoms with Crippen LogP contribution in [0.15, 0.2) is 43.1 Å². The third kappa shape index (κ3) is 3.84. The van der Waals surface area contributed by atoms with Crippen LogP contribution in [-0.4, -0.2) is 19.7 Å². The molecule has 0 bridgehead atoms. The Morgan fingerprint density at radius 2 is 1.84 bits per heavy atom. The third-order valence-electron chi connectivity index (χ3n) is 4.87. The van der Waals surface area contributed by atoms with Gasteiger partial charge in [0.1, 0.15) is 4.83 Å². The van der Waals surface area contributed by atoms with E-state index in [1.807, 2.05) is 13.8 Å². The van der Waals surface area contributed by atoms with Crippen molar-refractivity contribution in [1.29, 1.82) is 0 Å². The molecule has 31 heavy (non-hydrogen) atoms. The van der Waals surface area contributed by atoms with Crippen molar-refractivity contribution in [2.24, 2.45) is 13.0 Å².